The normalized spacial score (nSPS) is 15.5. The van der Waals surface area contributed by atoms with Crippen molar-refractivity contribution in [2.45, 2.75) is 6.42 Å². The molecule has 2 nitrogen and oxygen atoms in total. The first-order valence-corrected chi connectivity index (χ1v) is 4.11. The fourth-order valence-corrected chi connectivity index (χ4v) is 1.16. The van der Waals surface area contributed by atoms with Crippen LogP contribution in [0.1, 0.15) is 6.42 Å². The van der Waals surface area contributed by atoms with Crippen LogP contribution in [0.4, 0.5) is 0 Å². The van der Waals surface area contributed by atoms with Gasteiger partial charge in [0.05, 0.1) is 4.86 Å². The van der Waals surface area contributed by atoms with Gasteiger partial charge in [-0.25, -0.2) is 0 Å². The average Bonchev–Trinajstić information content (AvgIpc) is 2.05. The molecule has 11 heavy (non-hydrogen) atoms. The van der Waals surface area contributed by atoms with Crippen molar-refractivity contribution >= 4 is 15.2 Å². The zero-order valence-corrected chi connectivity index (χ0v) is 6.56. The molecule has 0 atom stereocenters. The molecule has 1 aliphatic carbocycles. The molecule has 0 heterocycles. The van der Waals surface area contributed by atoms with Gasteiger partial charge < -0.3 is 0 Å². The van der Waals surface area contributed by atoms with E-state index in [-0.39, 0.29) is 0 Å². The predicted octanol–water partition coefficient (Wildman–Crippen LogP) is 0.557. The Hall–Kier alpha value is -1.27. The van der Waals surface area contributed by atoms with Crippen molar-refractivity contribution < 1.29 is 8.42 Å². The Kier molecular flexibility index (Phi) is 2.29. The van der Waals surface area contributed by atoms with E-state index in [1.807, 2.05) is 0 Å². The van der Waals surface area contributed by atoms with Crippen LogP contribution < -0.4 is 0 Å². The van der Waals surface area contributed by atoms with Crippen molar-refractivity contribution in [3.8, 4) is 12.3 Å². The number of allylic oxidation sites excluding steroid dienone is 4. The molecular weight excluding hydrogens is 160 g/mol. The van der Waals surface area contributed by atoms with E-state index >= 15 is 0 Å². The molecule has 0 amide bonds. The Morgan fingerprint density at radius 2 is 2.18 bits per heavy atom. The number of hydrogen-bond donors (Lipinski definition) is 0. The SMILES string of the molecule is C#CC1=CCC(=S(=O)=O)C=C1. The van der Waals surface area contributed by atoms with Gasteiger partial charge in [-0.1, -0.05) is 12.0 Å². The standard InChI is InChI=1S/C8H6O2S/c1-2-7-3-5-8(6-4-7)11(9)10/h1,3-5H,6H2. The zero-order chi connectivity index (χ0) is 8.27. The molecule has 3 heteroatoms. The van der Waals surface area contributed by atoms with Gasteiger partial charge in [0.25, 0.3) is 0 Å². The van der Waals surface area contributed by atoms with Crippen LogP contribution in [-0.2, 0) is 10.3 Å². The van der Waals surface area contributed by atoms with Gasteiger partial charge in [0.2, 0.25) is 10.3 Å². The van der Waals surface area contributed by atoms with Crippen LogP contribution in [0.5, 0.6) is 0 Å². The molecule has 56 valence electrons. The van der Waals surface area contributed by atoms with Gasteiger partial charge in [-0.05, 0) is 12.2 Å². The maximum absolute atomic E-state index is 10.4. The second-order valence-electron chi connectivity index (χ2n) is 2.04. The van der Waals surface area contributed by atoms with E-state index in [4.69, 9.17) is 6.42 Å². The topological polar surface area (TPSA) is 34.1 Å². The molecule has 0 N–H and O–H groups in total. The molecule has 0 bridgehead atoms. The minimum atomic E-state index is -2.10. The zero-order valence-electron chi connectivity index (χ0n) is 5.74. The lowest BCUT2D eigenvalue weighted by atomic mass is 10.1. The molecule has 0 aromatic carbocycles. The fraction of sp³-hybridized carbons (Fsp3) is 0.125. The van der Waals surface area contributed by atoms with Crippen molar-refractivity contribution in [2.75, 3.05) is 0 Å². The third-order valence-electron chi connectivity index (χ3n) is 1.35. The summed E-state index contributed by atoms with van der Waals surface area (Å²) in [6, 6.07) is 0. The highest BCUT2D eigenvalue weighted by molar-refractivity contribution is 7.73. The van der Waals surface area contributed by atoms with Gasteiger partial charge in [-0.2, -0.15) is 8.42 Å². The smallest absolute Gasteiger partial charge is 0.184 e. The summed E-state index contributed by atoms with van der Waals surface area (Å²) in [6.07, 6.45) is 10.4. The van der Waals surface area contributed by atoms with Gasteiger partial charge in [0, 0.05) is 12.0 Å². The van der Waals surface area contributed by atoms with E-state index in [1.165, 1.54) is 6.08 Å². The molecule has 0 radical (unpaired) electrons. The van der Waals surface area contributed by atoms with Gasteiger partial charge in [0.15, 0.2) is 0 Å². The number of terminal acetylenes is 1. The van der Waals surface area contributed by atoms with E-state index in [2.05, 4.69) is 5.92 Å². The number of hydrogen-bond acceptors (Lipinski definition) is 2. The quantitative estimate of drug-likeness (QED) is 0.389. The summed E-state index contributed by atoms with van der Waals surface area (Å²) in [5, 5.41) is 0. The highest BCUT2D eigenvalue weighted by Crippen LogP contribution is 2.05. The summed E-state index contributed by atoms with van der Waals surface area (Å²) >= 11 is 0. The average molecular weight is 166 g/mol. The van der Waals surface area contributed by atoms with Gasteiger partial charge in [-0.3, -0.25) is 0 Å². The Labute approximate surface area is 66.8 Å². The molecule has 0 unspecified atom stereocenters. The molecule has 0 fully saturated rings. The van der Waals surface area contributed by atoms with E-state index < -0.39 is 10.3 Å². The first-order valence-electron chi connectivity index (χ1n) is 3.04. The van der Waals surface area contributed by atoms with Crippen LogP contribution in [-0.4, -0.2) is 13.3 Å². The molecule has 0 spiro atoms. The van der Waals surface area contributed by atoms with Crippen molar-refractivity contribution in [1.29, 1.82) is 0 Å². The van der Waals surface area contributed by atoms with E-state index in [1.54, 1.807) is 12.2 Å². The van der Waals surface area contributed by atoms with Crippen LogP contribution in [0, 0.1) is 12.3 Å². The maximum atomic E-state index is 10.4. The summed E-state index contributed by atoms with van der Waals surface area (Å²) in [4.78, 5) is 0.379. The Morgan fingerprint density at radius 1 is 1.45 bits per heavy atom. The minimum Gasteiger partial charge on any atom is -0.184 e. The van der Waals surface area contributed by atoms with Crippen molar-refractivity contribution in [2.24, 2.45) is 0 Å². The first kappa shape index (κ1) is 7.83. The summed E-state index contributed by atoms with van der Waals surface area (Å²) < 4.78 is 20.8. The molecule has 0 aliphatic heterocycles. The van der Waals surface area contributed by atoms with Crippen LogP contribution in [0.25, 0.3) is 0 Å². The number of rotatable bonds is 0. The van der Waals surface area contributed by atoms with Gasteiger partial charge in [-0.15, -0.1) is 6.42 Å². The lowest BCUT2D eigenvalue weighted by molar-refractivity contribution is 0.627. The van der Waals surface area contributed by atoms with Gasteiger partial charge in [0.1, 0.15) is 0 Å². The second kappa shape index (κ2) is 3.22. The third kappa shape index (κ3) is 1.82. The molecule has 1 rings (SSSR count). The van der Waals surface area contributed by atoms with E-state index in [0.717, 1.165) is 5.57 Å². The van der Waals surface area contributed by atoms with E-state index in [9.17, 15) is 8.42 Å². The maximum Gasteiger partial charge on any atom is 0.217 e. The second-order valence-corrected chi connectivity index (χ2v) is 3.04. The molecular formula is C8H6O2S. The van der Waals surface area contributed by atoms with Crippen LogP contribution in [0.2, 0.25) is 0 Å². The Morgan fingerprint density at radius 3 is 2.55 bits per heavy atom. The van der Waals surface area contributed by atoms with Crippen molar-refractivity contribution in [1.82, 2.24) is 0 Å². The molecule has 0 saturated heterocycles. The Bertz CT molecular complexity index is 380. The fourth-order valence-electron chi connectivity index (χ4n) is 0.760. The van der Waals surface area contributed by atoms with Crippen LogP contribution in [0.3, 0.4) is 0 Å². The minimum absolute atomic E-state index is 0.379. The van der Waals surface area contributed by atoms with Crippen LogP contribution in [0.15, 0.2) is 23.8 Å². The third-order valence-corrected chi connectivity index (χ3v) is 2.08. The van der Waals surface area contributed by atoms with Crippen molar-refractivity contribution in [3.05, 3.63) is 23.8 Å². The summed E-state index contributed by atoms with van der Waals surface area (Å²) in [5.41, 5.74) is 0.735. The first-order chi connectivity index (χ1) is 5.24. The highest BCUT2D eigenvalue weighted by atomic mass is 32.2. The lowest BCUT2D eigenvalue weighted by Crippen LogP contribution is -1.97. The summed E-state index contributed by atoms with van der Waals surface area (Å²) in [7, 11) is -2.10. The highest BCUT2D eigenvalue weighted by Gasteiger charge is 2.00. The Balaban J connectivity index is 3.01. The predicted molar refractivity (Wildman–Crippen MR) is 44.6 cm³/mol. The molecule has 0 aromatic rings. The van der Waals surface area contributed by atoms with Gasteiger partial charge >= 0.3 is 0 Å². The van der Waals surface area contributed by atoms with E-state index in [0.29, 0.717) is 11.3 Å². The molecule has 0 saturated carbocycles. The lowest BCUT2D eigenvalue weighted by Gasteiger charge is -1.98. The molecule has 0 aromatic heterocycles. The summed E-state index contributed by atoms with van der Waals surface area (Å²) in [5.74, 6) is 2.42. The summed E-state index contributed by atoms with van der Waals surface area (Å²) in [6.45, 7) is 0. The largest absolute Gasteiger partial charge is 0.217 e. The van der Waals surface area contributed by atoms with Crippen molar-refractivity contribution in [3.63, 3.8) is 0 Å². The monoisotopic (exact) mass is 166 g/mol. The van der Waals surface area contributed by atoms with Crippen LogP contribution >= 0.6 is 0 Å². The molecule has 1 aliphatic rings.